The molecule has 4 nitrogen and oxygen atoms in total. The van der Waals surface area contributed by atoms with E-state index in [2.05, 4.69) is 4.98 Å². The molecule has 0 aliphatic carbocycles. The zero-order chi connectivity index (χ0) is 10.7. The number of furan rings is 1. The van der Waals surface area contributed by atoms with E-state index in [4.69, 9.17) is 13.9 Å². The van der Waals surface area contributed by atoms with Gasteiger partial charge in [0.1, 0.15) is 0 Å². The van der Waals surface area contributed by atoms with E-state index >= 15 is 0 Å². The van der Waals surface area contributed by atoms with E-state index in [1.807, 2.05) is 12.1 Å². The second kappa shape index (κ2) is 4.04. The lowest BCUT2D eigenvalue weighted by molar-refractivity contribution is 0.244. The van der Waals surface area contributed by atoms with E-state index in [0.29, 0.717) is 11.9 Å². The summed E-state index contributed by atoms with van der Waals surface area (Å²) in [6.45, 7) is 0. The number of methoxy groups -OCH3 is 2. The van der Waals surface area contributed by atoms with Gasteiger partial charge in [0.05, 0.1) is 19.8 Å². The molecule has 0 fully saturated rings. The van der Waals surface area contributed by atoms with Gasteiger partial charge in [0.25, 0.3) is 11.9 Å². The Hall–Kier alpha value is -1.97. The molecule has 2 aromatic rings. The minimum absolute atomic E-state index is 0.429. The summed E-state index contributed by atoms with van der Waals surface area (Å²) in [5.41, 5.74) is 1.84. The molecular formula is C11H11NO3. The maximum atomic E-state index is 5.30. The average Bonchev–Trinajstić information content (AvgIpc) is 2.73. The molecule has 0 bridgehead atoms. The highest BCUT2D eigenvalue weighted by Crippen LogP contribution is 2.36. The largest absolute Gasteiger partial charge is 0.468 e. The molecule has 0 saturated carbocycles. The zero-order valence-electron chi connectivity index (χ0n) is 8.56. The molecule has 0 aliphatic rings. The summed E-state index contributed by atoms with van der Waals surface area (Å²) in [5, 5.41) is 0. The van der Waals surface area contributed by atoms with Gasteiger partial charge in [0.2, 0.25) is 0 Å². The average molecular weight is 205 g/mol. The van der Waals surface area contributed by atoms with Crippen LogP contribution in [0.3, 0.4) is 0 Å². The van der Waals surface area contributed by atoms with Gasteiger partial charge in [-0.05, 0) is 17.7 Å². The van der Waals surface area contributed by atoms with E-state index in [1.54, 1.807) is 32.7 Å². The van der Waals surface area contributed by atoms with E-state index < -0.39 is 0 Å². The Labute approximate surface area is 87.5 Å². The fourth-order valence-electron chi connectivity index (χ4n) is 1.34. The third-order valence-electron chi connectivity index (χ3n) is 2.05. The summed E-state index contributed by atoms with van der Waals surface area (Å²) in [6, 6.07) is 5.55. The molecule has 2 rings (SSSR count). The number of aromatic nitrogens is 1. The SMILES string of the molecule is COc1cc(-c2ccncc2)c(OC)o1. The van der Waals surface area contributed by atoms with E-state index in [1.165, 1.54) is 0 Å². The fourth-order valence-corrected chi connectivity index (χ4v) is 1.34. The fraction of sp³-hybridized carbons (Fsp3) is 0.182. The normalized spacial score (nSPS) is 10.0. The lowest BCUT2D eigenvalue weighted by Crippen LogP contribution is -1.82. The van der Waals surface area contributed by atoms with Crippen molar-refractivity contribution in [2.24, 2.45) is 0 Å². The molecule has 0 spiro atoms. The zero-order valence-corrected chi connectivity index (χ0v) is 8.56. The van der Waals surface area contributed by atoms with Gasteiger partial charge in [-0.2, -0.15) is 0 Å². The van der Waals surface area contributed by atoms with Crippen molar-refractivity contribution in [3.05, 3.63) is 30.6 Å². The molecule has 0 aliphatic heterocycles. The molecule has 0 N–H and O–H groups in total. The standard InChI is InChI=1S/C11H11NO3/c1-13-10-7-9(11(14-2)15-10)8-3-5-12-6-4-8/h3-7H,1-2H3. The maximum absolute atomic E-state index is 5.30. The van der Waals surface area contributed by atoms with Gasteiger partial charge >= 0.3 is 0 Å². The summed E-state index contributed by atoms with van der Waals surface area (Å²) in [4.78, 5) is 3.95. The lowest BCUT2D eigenvalue weighted by Gasteiger charge is -1.98. The topological polar surface area (TPSA) is 44.5 Å². The van der Waals surface area contributed by atoms with Gasteiger partial charge in [0.15, 0.2) is 0 Å². The molecule has 0 radical (unpaired) electrons. The Kier molecular flexibility index (Phi) is 2.58. The van der Waals surface area contributed by atoms with Gasteiger partial charge in [0, 0.05) is 18.5 Å². The minimum atomic E-state index is 0.429. The quantitative estimate of drug-likeness (QED) is 0.771. The predicted molar refractivity (Wildman–Crippen MR) is 55.0 cm³/mol. The monoisotopic (exact) mass is 205 g/mol. The Morgan fingerprint density at radius 2 is 1.87 bits per heavy atom. The first-order valence-electron chi connectivity index (χ1n) is 4.47. The van der Waals surface area contributed by atoms with E-state index in [0.717, 1.165) is 11.1 Å². The van der Waals surface area contributed by atoms with Crippen LogP contribution in [-0.2, 0) is 0 Å². The highest BCUT2D eigenvalue weighted by molar-refractivity contribution is 5.68. The molecule has 0 unspecified atom stereocenters. The minimum Gasteiger partial charge on any atom is -0.468 e. The number of hydrogen-bond donors (Lipinski definition) is 0. The van der Waals surface area contributed by atoms with Crippen molar-refractivity contribution in [2.75, 3.05) is 14.2 Å². The molecule has 78 valence electrons. The molecule has 0 atom stereocenters. The van der Waals surface area contributed by atoms with Crippen LogP contribution in [0, 0.1) is 0 Å². The summed E-state index contributed by atoms with van der Waals surface area (Å²) < 4.78 is 15.4. The molecule has 0 aromatic carbocycles. The van der Waals surface area contributed by atoms with Crippen LogP contribution in [0.15, 0.2) is 35.0 Å². The smallest absolute Gasteiger partial charge is 0.295 e. The molecule has 15 heavy (non-hydrogen) atoms. The third kappa shape index (κ3) is 1.79. The summed E-state index contributed by atoms with van der Waals surface area (Å²) in [5.74, 6) is 0.872. The molecular weight excluding hydrogens is 194 g/mol. The Bertz CT molecular complexity index is 436. The van der Waals surface area contributed by atoms with Crippen LogP contribution in [-0.4, -0.2) is 19.2 Å². The Balaban J connectivity index is 2.47. The van der Waals surface area contributed by atoms with Crippen molar-refractivity contribution < 1.29 is 13.9 Å². The second-order valence-corrected chi connectivity index (χ2v) is 2.91. The summed E-state index contributed by atoms with van der Waals surface area (Å²) in [7, 11) is 3.11. The highest BCUT2D eigenvalue weighted by atomic mass is 16.6. The number of rotatable bonds is 3. The first-order chi connectivity index (χ1) is 7.35. The van der Waals surface area contributed by atoms with Crippen molar-refractivity contribution in [3.8, 4) is 23.0 Å². The van der Waals surface area contributed by atoms with Crippen LogP contribution in [0.4, 0.5) is 0 Å². The van der Waals surface area contributed by atoms with Gasteiger partial charge in [-0.3, -0.25) is 4.98 Å². The summed E-state index contributed by atoms with van der Waals surface area (Å²) >= 11 is 0. The van der Waals surface area contributed by atoms with E-state index in [-0.39, 0.29) is 0 Å². The predicted octanol–water partition coefficient (Wildman–Crippen LogP) is 2.36. The number of hydrogen-bond acceptors (Lipinski definition) is 4. The number of ether oxygens (including phenoxy) is 2. The highest BCUT2D eigenvalue weighted by Gasteiger charge is 2.13. The van der Waals surface area contributed by atoms with Crippen LogP contribution in [0.1, 0.15) is 0 Å². The van der Waals surface area contributed by atoms with Crippen LogP contribution < -0.4 is 9.47 Å². The van der Waals surface area contributed by atoms with Gasteiger partial charge in [-0.15, -0.1) is 0 Å². The van der Waals surface area contributed by atoms with Gasteiger partial charge in [-0.1, -0.05) is 0 Å². The van der Waals surface area contributed by atoms with Crippen molar-refractivity contribution in [1.29, 1.82) is 0 Å². The lowest BCUT2D eigenvalue weighted by atomic mass is 10.1. The number of pyridine rings is 1. The molecule has 2 heterocycles. The summed E-state index contributed by atoms with van der Waals surface area (Å²) in [6.07, 6.45) is 3.43. The van der Waals surface area contributed by atoms with Crippen molar-refractivity contribution in [3.63, 3.8) is 0 Å². The first-order valence-corrected chi connectivity index (χ1v) is 4.47. The van der Waals surface area contributed by atoms with Crippen LogP contribution in [0.5, 0.6) is 11.9 Å². The second-order valence-electron chi connectivity index (χ2n) is 2.91. The van der Waals surface area contributed by atoms with Crippen molar-refractivity contribution in [1.82, 2.24) is 4.98 Å². The molecule has 4 heteroatoms. The molecule has 0 saturated heterocycles. The van der Waals surface area contributed by atoms with Gasteiger partial charge < -0.3 is 13.9 Å². The van der Waals surface area contributed by atoms with Crippen molar-refractivity contribution in [2.45, 2.75) is 0 Å². The maximum Gasteiger partial charge on any atom is 0.295 e. The first kappa shape index (κ1) is 9.58. The Morgan fingerprint density at radius 3 is 2.47 bits per heavy atom. The van der Waals surface area contributed by atoms with E-state index in [9.17, 15) is 0 Å². The van der Waals surface area contributed by atoms with Crippen LogP contribution in [0.25, 0.3) is 11.1 Å². The van der Waals surface area contributed by atoms with Gasteiger partial charge in [-0.25, -0.2) is 0 Å². The van der Waals surface area contributed by atoms with Crippen molar-refractivity contribution >= 4 is 0 Å². The van der Waals surface area contributed by atoms with Crippen LogP contribution >= 0.6 is 0 Å². The molecule has 2 aromatic heterocycles. The third-order valence-corrected chi connectivity index (χ3v) is 2.05. The van der Waals surface area contributed by atoms with Crippen LogP contribution in [0.2, 0.25) is 0 Å². The number of nitrogens with zero attached hydrogens (tertiary/aromatic N) is 1. The Morgan fingerprint density at radius 1 is 1.13 bits per heavy atom. The molecule has 0 amide bonds.